The first-order valence-corrected chi connectivity index (χ1v) is 7.79. The molecular weight excluding hydrogens is 297 g/mol. The summed E-state index contributed by atoms with van der Waals surface area (Å²) in [6, 6.07) is 6.27. The molecule has 0 aliphatic rings. The number of thioether (sulfide) groups is 1. The van der Waals surface area contributed by atoms with Crippen LogP contribution in [0.1, 0.15) is 5.56 Å². The van der Waals surface area contributed by atoms with Gasteiger partial charge in [0.25, 0.3) is 0 Å². The van der Waals surface area contributed by atoms with Crippen molar-refractivity contribution in [1.82, 2.24) is 10.3 Å². The molecule has 1 aromatic carbocycles. The van der Waals surface area contributed by atoms with Gasteiger partial charge in [-0.05, 0) is 24.1 Å². The summed E-state index contributed by atoms with van der Waals surface area (Å²) >= 11 is 2.78. The number of benzene rings is 1. The molecule has 7 heteroatoms. The quantitative estimate of drug-likeness (QED) is 0.803. The lowest BCUT2D eigenvalue weighted by Crippen LogP contribution is -2.27. The number of nitrogens with one attached hydrogen (secondary N) is 1. The standard InChI is InChI=1S/C13H14FN3OS2/c14-10-3-1-9(2-4-10)5-6-16-11(18)8-19-12-7-17-13(15)20-12/h1-4,7H,5-6,8H2,(H2,15,17)(H,16,18). The summed E-state index contributed by atoms with van der Waals surface area (Å²) in [6.45, 7) is 0.538. The molecule has 0 saturated heterocycles. The topological polar surface area (TPSA) is 68.0 Å². The van der Waals surface area contributed by atoms with E-state index in [0.29, 0.717) is 23.8 Å². The number of anilines is 1. The van der Waals surface area contributed by atoms with Crippen LogP contribution in [0, 0.1) is 5.82 Å². The van der Waals surface area contributed by atoms with Crippen molar-refractivity contribution in [3.63, 3.8) is 0 Å². The SMILES string of the molecule is Nc1ncc(SCC(=O)NCCc2ccc(F)cc2)s1. The van der Waals surface area contributed by atoms with Crippen molar-refractivity contribution in [2.45, 2.75) is 10.6 Å². The molecule has 0 unspecified atom stereocenters. The number of amides is 1. The van der Waals surface area contributed by atoms with Crippen LogP contribution in [-0.4, -0.2) is 23.2 Å². The fourth-order valence-corrected chi connectivity index (χ4v) is 3.11. The largest absolute Gasteiger partial charge is 0.375 e. The third kappa shape index (κ3) is 4.82. The number of aromatic nitrogens is 1. The number of hydrogen-bond donors (Lipinski definition) is 2. The Kier molecular flexibility index (Phi) is 5.37. The van der Waals surface area contributed by atoms with Gasteiger partial charge in [-0.15, -0.1) is 11.8 Å². The number of nitrogens with zero attached hydrogens (tertiary/aromatic N) is 1. The fourth-order valence-electron chi connectivity index (χ4n) is 1.52. The zero-order valence-electron chi connectivity index (χ0n) is 10.6. The summed E-state index contributed by atoms with van der Waals surface area (Å²) in [7, 11) is 0. The van der Waals surface area contributed by atoms with Crippen molar-refractivity contribution in [3.8, 4) is 0 Å². The second kappa shape index (κ2) is 7.25. The van der Waals surface area contributed by atoms with E-state index < -0.39 is 0 Å². The van der Waals surface area contributed by atoms with Gasteiger partial charge in [0.2, 0.25) is 5.91 Å². The highest BCUT2D eigenvalue weighted by atomic mass is 32.2. The normalized spacial score (nSPS) is 10.4. The molecule has 4 nitrogen and oxygen atoms in total. The molecule has 1 heterocycles. The highest BCUT2D eigenvalue weighted by molar-refractivity contribution is 8.01. The number of nitrogen functional groups attached to an aromatic ring is 1. The molecule has 0 spiro atoms. The summed E-state index contributed by atoms with van der Waals surface area (Å²) in [4.78, 5) is 15.5. The Morgan fingerprint density at radius 2 is 2.15 bits per heavy atom. The number of hydrogen-bond acceptors (Lipinski definition) is 5. The van der Waals surface area contributed by atoms with Crippen LogP contribution in [0.15, 0.2) is 34.7 Å². The minimum Gasteiger partial charge on any atom is -0.375 e. The highest BCUT2D eigenvalue weighted by Gasteiger charge is 2.05. The minimum atomic E-state index is -0.252. The maximum atomic E-state index is 12.7. The van der Waals surface area contributed by atoms with Crippen LogP contribution in [0.2, 0.25) is 0 Å². The first-order valence-electron chi connectivity index (χ1n) is 5.99. The number of rotatable bonds is 6. The van der Waals surface area contributed by atoms with Gasteiger partial charge >= 0.3 is 0 Å². The summed E-state index contributed by atoms with van der Waals surface area (Å²) in [5.41, 5.74) is 6.50. The lowest BCUT2D eigenvalue weighted by molar-refractivity contribution is -0.118. The molecule has 2 rings (SSSR count). The molecule has 0 atom stereocenters. The Morgan fingerprint density at radius 3 is 2.80 bits per heavy atom. The molecule has 0 saturated carbocycles. The molecule has 1 aromatic heterocycles. The molecule has 0 radical (unpaired) electrons. The molecule has 0 fully saturated rings. The van der Waals surface area contributed by atoms with Gasteiger partial charge in [-0.2, -0.15) is 0 Å². The molecule has 106 valence electrons. The number of carbonyl (C=O) groups is 1. The summed E-state index contributed by atoms with van der Waals surface area (Å²) in [5, 5.41) is 3.33. The average molecular weight is 311 g/mol. The number of nitrogens with two attached hydrogens (primary N) is 1. The first-order chi connectivity index (χ1) is 9.63. The van der Waals surface area contributed by atoms with Crippen LogP contribution in [0.3, 0.4) is 0 Å². The van der Waals surface area contributed by atoms with Crippen molar-refractivity contribution in [3.05, 3.63) is 41.8 Å². The van der Waals surface area contributed by atoms with E-state index in [9.17, 15) is 9.18 Å². The van der Waals surface area contributed by atoms with E-state index in [2.05, 4.69) is 10.3 Å². The minimum absolute atomic E-state index is 0.0379. The first kappa shape index (κ1) is 14.8. The summed E-state index contributed by atoms with van der Waals surface area (Å²) < 4.78 is 13.6. The molecule has 2 aromatic rings. The second-order valence-corrected chi connectivity index (χ2v) is 6.37. The molecule has 20 heavy (non-hydrogen) atoms. The Bertz CT molecular complexity index is 571. The Hall–Kier alpha value is -1.60. The van der Waals surface area contributed by atoms with E-state index in [1.54, 1.807) is 18.3 Å². The van der Waals surface area contributed by atoms with Gasteiger partial charge in [0.05, 0.1) is 16.2 Å². The van der Waals surface area contributed by atoms with E-state index >= 15 is 0 Å². The third-order valence-corrected chi connectivity index (χ3v) is 4.52. The van der Waals surface area contributed by atoms with Crippen molar-refractivity contribution in [2.75, 3.05) is 18.0 Å². The van der Waals surface area contributed by atoms with Crippen LogP contribution >= 0.6 is 23.1 Å². The third-order valence-electron chi connectivity index (χ3n) is 2.50. The Morgan fingerprint density at radius 1 is 1.40 bits per heavy atom. The Balaban J connectivity index is 1.66. The van der Waals surface area contributed by atoms with Gasteiger partial charge in [0.15, 0.2) is 5.13 Å². The molecule has 0 bridgehead atoms. The van der Waals surface area contributed by atoms with Gasteiger partial charge in [0.1, 0.15) is 5.82 Å². The van der Waals surface area contributed by atoms with E-state index in [0.717, 1.165) is 9.77 Å². The van der Waals surface area contributed by atoms with Gasteiger partial charge < -0.3 is 11.1 Å². The molecule has 0 aliphatic heterocycles. The average Bonchev–Trinajstić information content (AvgIpc) is 2.85. The maximum absolute atomic E-state index is 12.7. The van der Waals surface area contributed by atoms with Crippen molar-refractivity contribution in [1.29, 1.82) is 0 Å². The van der Waals surface area contributed by atoms with E-state index in [1.807, 2.05) is 0 Å². The van der Waals surface area contributed by atoms with Gasteiger partial charge in [0, 0.05) is 6.54 Å². The fraction of sp³-hybridized carbons (Fsp3) is 0.231. The zero-order valence-corrected chi connectivity index (χ0v) is 12.3. The lowest BCUT2D eigenvalue weighted by atomic mass is 10.1. The summed E-state index contributed by atoms with van der Waals surface area (Å²) in [5.74, 6) is 0.0486. The molecule has 3 N–H and O–H groups in total. The van der Waals surface area contributed by atoms with Crippen LogP contribution in [0.25, 0.3) is 0 Å². The molecule has 1 amide bonds. The van der Waals surface area contributed by atoms with E-state index in [-0.39, 0.29) is 11.7 Å². The smallest absolute Gasteiger partial charge is 0.230 e. The highest BCUT2D eigenvalue weighted by Crippen LogP contribution is 2.25. The molecular formula is C13H14FN3OS2. The Labute approximate surface area is 124 Å². The number of thiazole rings is 1. The van der Waals surface area contributed by atoms with Crippen molar-refractivity contribution >= 4 is 34.1 Å². The van der Waals surface area contributed by atoms with Crippen LogP contribution in [0.5, 0.6) is 0 Å². The predicted molar refractivity (Wildman–Crippen MR) is 80.4 cm³/mol. The molecule has 0 aliphatic carbocycles. The second-order valence-electron chi connectivity index (χ2n) is 4.03. The van der Waals surface area contributed by atoms with Gasteiger partial charge in [-0.25, -0.2) is 9.37 Å². The van der Waals surface area contributed by atoms with E-state index in [1.165, 1.54) is 35.2 Å². The van der Waals surface area contributed by atoms with Gasteiger partial charge in [-0.1, -0.05) is 23.5 Å². The number of carbonyl (C=O) groups excluding carboxylic acids is 1. The van der Waals surface area contributed by atoms with Crippen LogP contribution in [-0.2, 0) is 11.2 Å². The van der Waals surface area contributed by atoms with Crippen molar-refractivity contribution in [2.24, 2.45) is 0 Å². The number of halogens is 1. The van der Waals surface area contributed by atoms with E-state index in [4.69, 9.17) is 5.73 Å². The monoisotopic (exact) mass is 311 g/mol. The summed E-state index contributed by atoms with van der Waals surface area (Å²) in [6.07, 6.45) is 2.35. The van der Waals surface area contributed by atoms with Crippen molar-refractivity contribution < 1.29 is 9.18 Å². The lowest BCUT2D eigenvalue weighted by Gasteiger charge is -2.04. The predicted octanol–water partition coefficient (Wildman–Crippen LogP) is 2.32. The van der Waals surface area contributed by atoms with Crippen LogP contribution < -0.4 is 11.1 Å². The zero-order chi connectivity index (χ0) is 14.4. The van der Waals surface area contributed by atoms with Gasteiger partial charge in [-0.3, -0.25) is 4.79 Å². The maximum Gasteiger partial charge on any atom is 0.230 e. The van der Waals surface area contributed by atoms with Crippen LogP contribution in [0.4, 0.5) is 9.52 Å².